The molecule has 1 aromatic rings. The molecule has 0 spiro atoms. The highest BCUT2D eigenvalue weighted by molar-refractivity contribution is 5.19. The van der Waals surface area contributed by atoms with Gasteiger partial charge in [-0.05, 0) is 37.5 Å². The average Bonchev–Trinajstić information content (AvgIpc) is 2.75. The maximum absolute atomic E-state index is 12.8. The minimum atomic E-state index is -0.533. The van der Waals surface area contributed by atoms with E-state index in [2.05, 4.69) is 5.32 Å². The van der Waals surface area contributed by atoms with E-state index >= 15 is 0 Å². The fraction of sp³-hybridized carbons (Fsp3) is 0.571. The van der Waals surface area contributed by atoms with Crippen LogP contribution in [0.5, 0.6) is 0 Å². The molecule has 2 N–H and O–H groups in total. The van der Waals surface area contributed by atoms with E-state index in [1.54, 1.807) is 12.1 Å². The predicted molar refractivity (Wildman–Crippen MR) is 66.2 cm³/mol. The Kier molecular flexibility index (Phi) is 3.79. The number of rotatable bonds is 4. The van der Waals surface area contributed by atoms with Gasteiger partial charge in [-0.3, -0.25) is 0 Å². The topological polar surface area (TPSA) is 32.3 Å². The van der Waals surface area contributed by atoms with E-state index in [1.165, 1.54) is 12.1 Å². The number of halogens is 1. The minimum Gasteiger partial charge on any atom is -0.389 e. The Hall–Kier alpha value is -0.930. The summed E-state index contributed by atoms with van der Waals surface area (Å²) in [5.74, 6) is -0.213. The van der Waals surface area contributed by atoms with E-state index in [0.717, 1.165) is 31.2 Å². The number of nitrogens with one attached hydrogen (secondary N) is 1. The van der Waals surface area contributed by atoms with Crippen LogP contribution in [0, 0.1) is 5.82 Å². The fourth-order valence-corrected chi connectivity index (χ4v) is 2.42. The molecule has 2 nitrogen and oxygen atoms in total. The van der Waals surface area contributed by atoms with E-state index in [9.17, 15) is 9.50 Å². The monoisotopic (exact) mass is 237 g/mol. The molecule has 0 bridgehead atoms. The van der Waals surface area contributed by atoms with Gasteiger partial charge in [-0.1, -0.05) is 25.0 Å². The summed E-state index contributed by atoms with van der Waals surface area (Å²) in [5.41, 5.74) is 0.516. The van der Waals surface area contributed by atoms with Gasteiger partial charge in [0, 0.05) is 12.6 Å². The predicted octanol–water partition coefficient (Wildman–Crippen LogP) is 2.78. The quantitative estimate of drug-likeness (QED) is 0.844. The van der Waals surface area contributed by atoms with E-state index in [1.807, 2.05) is 6.92 Å². The Morgan fingerprint density at radius 2 is 1.88 bits per heavy atom. The zero-order chi connectivity index (χ0) is 12.3. The Labute approximate surface area is 102 Å². The molecular weight excluding hydrogens is 217 g/mol. The van der Waals surface area contributed by atoms with Gasteiger partial charge < -0.3 is 10.4 Å². The second-order valence-electron chi connectivity index (χ2n) is 5.09. The lowest BCUT2D eigenvalue weighted by molar-refractivity contribution is 0.0453. The van der Waals surface area contributed by atoms with E-state index in [-0.39, 0.29) is 11.9 Å². The van der Waals surface area contributed by atoms with Gasteiger partial charge in [-0.25, -0.2) is 4.39 Å². The van der Waals surface area contributed by atoms with Gasteiger partial charge in [0.25, 0.3) is 0 Å². The molecule has 1 aliphatic rings. The highest BCUT2D eigenvalue weighted by Gasteiger charge is 2.30. The van der Waals surface area contributed by atoms with Crippen LogP contribution in [0.15, 0.2) is 24.3 Å². The first-order valence-corrected chi connectivity index (χ1v) is 6.30. The van der Waals surface area contributed by atoms with Crippen molar-refractivity contribution in [2.45, 2.75) is 44.2 Å². The van der Waals surface area contributed by atoms with Gasteiger partial charge >= 0.3 is 0 Å². The summed E-state index contributed by atoms with van der Waals surface area (Å²) in [5, 5.41) is 13.5. The molecule has 94 valence electrons. The summed E-state index contributed by atoms with van der Waals surface area (Å²) in [6.45, 7) is 2.65. The molecule has 0 radical (unpaired) electrons. The van der Waals surface area contributed by atoms with Crippen LogP contribution in [0.4, 0.5) is 4.39 Å². The van der Waals surface area contributed by atoms with Crippen LogP contribution < -0.4 is 5.32 Å². The molecule has 1 atom stereocenters. The summed E-state index contributed by atoms with van der Waals surface area (Å²) in [6, 6.07) is 6.65. The first-order chi connectivity index (χ1) is 8.09. The standard InChI is InChI=1S/C14H20FNO/c1-11(12-4-6-13(15)7-5-12)16-10-14(17)8-2-3-9-14/h4-7,11,16-17H,2-3,8-10H2,1H3/t11-/m1/s1. The van der Waals surface area contributed by atoms with Crippen molar-refractivity contribution in [3.8, 4) is 0 Å². The number of hydrogen-bond donors (Lipinski definition) is 2. The van der Waals surface area contributed by atoms with Crippen LogP contribution in [-0.2, 0) is 0 Å². The van der Waals surface area contributed by atoms with Gasteiger partial charge in [0.15, 0.2) is 0 Å². The minimum absolute atomic E-state index is 0.139. The third-order valence-electron chi connectivity index (χ3n) is 3.64. The molecule has 1 saturated carbocycles. The van der Waals surface area contributed by atoms with Crippen molar-refractivity contribution in [3.05, 3.63) is 35.6 Å². The number of benzene rings is 1. The molecule has 1 aromatic carbocycles. The van der Waals surface area contributed by atoms with Gasteiger partial charge in [0.2, 0.25) is 0 Å². The maximum Gasteiger partial charge on any atom is 0.123 e. The molecule has 2 rings (SSSR count). The molecular formula is C14H20FNO. The zero-order valence-electron chi connectivity index (χ0n) is 10.2. The molecule has 1 aliphatic carbocycles. The van der Waals surface area contributed by atoms with Crippen molar-refractivity contribution in [3.63, 3.8) is 0 Å². The highest BCUT2D eigenvalue weighted by Crippen LogP contribution is 2.29. The van der Waals surface area contributed by atoms with Crippen molar-refractivity contribution < 1.29 is 9.50 Å². The summed E-state index contributed by atoms with van der Waals surface area (Å²) < 4.78 is 12.8. The maximum atomic E-state index is 12.8. The summed E-state index contributed by atoms with van der Waals surface area (Å²) in [7, 11) is 0. The molecule has 0 aliphatic heterocycles. The smallest absolute Gasteiger partial charge is 0.123 e. The summed E-state index contributed by atoms with van der Waals surface area (Å²) in [6.07, 6.45) is 4.00. The SMILES string of the molecule is C[C@@H](NCC1(O)CCCC1)c1ccc(F)cc1. The molecule has 3 heteroatoms. The van der Waals surface area contributed by atoms with Crippen LogP contribution in [0.2, 0.25) is 0 Å². The lowest BCUT2D eigenvalue weighted by Gasteiger charge is -2.25. The van der Waals surface area contributed by atoms with Gasteiger partial charge in [0.05, 0.1) is 5.60 Å². The van der Waals surface area contributed by atoms with Crippen LogP contribution in [0.25, 0.3) is 0 Å². The van der Waals surface area contributed by atoms with Crippen LogP contribution in [-0.4, -0.2) is 17.3 Å². The fourth-order valence-electron chi connectivity index (χ4n) is 2.42. The van der Waals surface area contributed by atoms with Crippen molar-refractivity contribution in [2.75, 3.05) is 6.54 Å². The Morgan fingerprint density at radius 1 is 1.29 bits per heavy atom. The number of hydrogen-bond acceptors (Lipinski definition) is 2. The third-order valence-corrected chi connectivity index (χ3v) is 3.64. The Balaban J connectivity index is 1.88. The van der Waals surface area contributed by atoms with Gasteiger partial charge in [-0.15, -0.1) is 0 Å². The van der Waals surface area contributed by atoms with Crippen LogP contribution in [0.1, 0.15) is 44.2 Å². The highest BCUT2D eigenvalue weighted by atomic mass is 19.1. The number of aliphatic hydroxyl groups is 1. The lowest BCUT2D eigenvalue weighted by atomic mass is 10.0. The molecule has 0 aromatic heterocycles. The Bertz CT molecular complexity index is 357. The van der Waals surface area contributed by atoms with Crippen molar-refractivity contribution in [2.24, 2.45) is 0 Å². The van der Waals surface area contributed by atoms with Crippen molar-refractivity contribution in [1.29, 1.82) is 0 Å². The van der Waals surface area contributed by atoms with E-state index in [0.29, 0.717) is 6.54 Å². The first kappa shape index (κ1) is 12.5. The van der Waals surface area contributed by atoms with Gasteiger partial charge in [-0.2, -0.15) is 0 Å². The van der Waals surface area contributed by atoms with E-state index < -0.39 is 5.60 Å². The van der Waals surface area contributed by atoms with Crippen molar-refractivity contribution >= 4 is 0 Å². The third kappa shape index (κ3) is 3.27. The Morgan fingerprint density at radius 3 is 2.47 bits per heavy atom. The molecule has 17 heavy (non-hydrogen) atoms. The van der Waals surface area contributed by atoms with Crippen molar-refractivity contribution in [1.82, 2.24) is 5.32 Å². The molecule has 1 fully saturated rings. The molecule has 0 amide bonds. The second-order valence-corrected chi connectivity index (χ2v) is 5.09. The first-order valence-electron chi connectivity index (χ1n) is 6.30. The summed E-state index contributed by atoms with van der Waals surface area (Å²) >= 11 is 0. The second kappa shape index (κ2) is 5.15. The largest absolute Gasteiger partial charge is 0.389 e. The summed E-state index contributed by atoms with van der Waals surface area (Å²) in [4.78, 5) is 0. The normalized spacial score (nSPS) is 20.4. The lowest BCUT2D eigenvalue weighted by Crippen LogP contribution is -2.39. The zero-order valence-corrected chi connectivity index (χ0v) is 10.2. The molecule has 0 unspecified atom stereocenters. The molecule has 0 saturated heterocycles. The molecule has 0 heterocycles. The van der Waals surface area contributed by atoms with Gasteiger partial charge in [0.1, 0.15) is 5.82 Å². The van der Waals surface area contributed by atoms with E-state index in [4.69, 9.17) is 0 Å². The van der Waals surface area contributed by atoms with Crippen LogP contribution >= 0.6 is 0 Å². The van der Waals surface area contributed by atoms with Crippen LogP contribution in [0.3, 0.4) is 0 Å². The average molecular weight is 237 g/mol.